The third-order valence-electron chi connectivity index (χ3n) is 5.19. The van der Waals surface area contributed by atoms with Gasteiger partial charge in [0.1, 0.15) is 17.1 Å². The molecule has 132 valence electrons. The van der Waals surface area contributed by atoms with E-state index >= 15 is 0 Å². The minimum Gasteiger partial charge on any atom is -0.506 e. The number of fused-ring (bicyclic) bond motifs is 1. The quantitative estimate of drug-likeness (QED) is 0.676. The summed E-state index contributed by atoms with van der Waals surface area (Å²) in [5, 5.41) is 17.4. The molecule has 2 aromatic rings. The monoisotopic (exact) mass is 338 g/mol. The maximum atomic E-state index is 10.2. The summed E-state index contributed by atoms with van der Waals surface area (Å²) in [6.45, 7) is 4.31. The van der Waals surface area contributed by atoms with E-state index in [4.69, 9.17) is 4.98 Å². The molecule has 2 aliphatic rings. The van der Waals surface area contributed by atoms with Gasteiger partial charge in [0.2, 0.25) is 0 Å². The van der Waals surface area contributed by atoms with Gasteiger partial charge >= 0.3 is 0 Å². The highest BCUT2D eigenvalue weighted by atomic mass is 16.3. The number of benzene rings is 1. The first kappa shape index (κ1) is 16.4. The number of rotatable bonds is 5. The average Bonchev–Trinajstić information content (AvgIpc) is 3.26. The average molecular weight is 338 g/mol. The van der Waals surface area contributed by atoms with Crippen molar-refractivity contribution in [3.63, 3.8) is 0 Å². The molecule has 0 radical (unpaired) electrons. The van der Waals surface area contributed by atoms with Gasteiger partial charge in [-0.1, -0.05) is 29.9 Å². The van der Waals surface area contributed by atoms with Gasteiger partial charge in [0.25, 0.3) is 0 Å². The summed E-state index contributed by atoms with van der Waals surface area (Å²) in [6, 6.07) is 4.44. The Morgan fingerprint density at radius 1 is 1.40 bits per heavy atom. The highest BCUT2D eigenvalue weighted by Crippen LogP contribution is 2.30. The van der Waals surface area contributed by atoms with Gasteiger partial charge in [-0.25, -0.2) is 4.98 Å². The minimum atomic E-state index is 0.191. The van der Waals surface area contributed by atoms with E-state index in [9.17, 15) is 5.11 Å². The SMILES string of the molecule is CC(NC1CCCNC1)c1ccc(O)c2[nH]c(CC3=CC=CC3)nc12. The van der Waals surface area contributed by atoms with E-state index in [1.807, 2.05) is 6.07 Å². The van der Waals surface area contributed by atoms with Crippen LogP contribution in [0.15, 0.2) is 35.9 Å². The molecule has 0 spiro atoms. The number of nitrogens with one attached hydrogen (secondary N) is 3. The Balaban J connectivity index is 1.59. The molecule has 2 atom stereocenters. The van der Waals surface area contributed by atoms with Crippen molar-refractivity contribution in [3.05, 3.63) is 47.3 Å². The predicted octanol–water partition coefficient (Wildman–Crippen LogP) is 3.10. The van der Waals surface area contributed by atoms with Crippen molar-refractivity contribution in [2.45, 2.75) is 44.7 Å². The van der Waals surface area contributed by atoms with Crippen LogP contribution >= 0.6 is 0 Å². The molecular formula is C20H26N4O. The van der Waals surface area contributed by atoms with Gasteiger partial charge in [0.05, 0.1) is 5.52 Å². The van der Waals surface area contributed by atoms with Crippen molar-refractivity contribution >= 4 is 11.0 Å². The molecule has 0 bridgehead atoms. The van der Waals surface area contributed by atoms with Crippen LogP contribution in [0.5, 0.6) is 5.75 Å². The molecule has 4 N–H and O–H groups in total. The first-order valence-corrected chi connectivity index (χ1v) is 9.22. The normalized spacial score (nSPS) is 21.6. The molecule has 2 unspecified atom stereocenters. The maximum absolute atomic E-state index is 10.2. The molecule has 1 aliphatic carbocycles. The number of aromatic amines is 1. The number of imidazole rings is 1. The third kappa shape index (κ3) is 3.48. The number of hydrogen-bond donors (Lipinski definition) is 4. The largest absolute Gasteiger partial charge is 0.506 e. The Hall–Kier alpha value is -2.11. The molecule has 4 rings (SSSR count). The second kappa shape index (κ2) is 7.02. The van der Waals surface area contributed by atoms with Gasteiger partial charge < -0.3 is 20.7 Å². The van der Waals surface area contributed by atoms with E-state index < -0.39 is 0 Å². The van der Waals surface area contributed by atoms with Gasteiger partial charge in [-0.05, 0) is 44.4 Å². The first-order chi connectivity index (χ1) is 12.2. The standard InChI is InChI=1S/C20H26N4O/c1-13(22-15-7-4-10-21-12-15)16-8-9-17(25)20-19(16)23-18(24-20)11-14-5-2-3-6-14/h2-3,5,8-9,13,15,21-22,25H,4,6-7,10-12H2,1H3,(H,23,24). The van der Waals surface area contributed by atoms with Crippen molar-refractivity contribution in [1.82, 2.24) is 20.6 Å². The molecule has 1 fully saturated rings. The molecule has 1 saturated heterocycles. The second-order valence-corrected chi connectivity index (χ2v) is 7.15. The zero-order valence-electron chi connectivity index (χ0n) is 14.7. The van der Waals surface area contributed by atoms with Crippen LogP contribution in [0.3, 0.4) is 0 Å². The van der Waals surface area contributed by atoms with Crippen LogP contribution in [0, 0.1) is 0 Å². The van der Waals surface area contributed by atoms with E-state index in [0.717, 1.165) is 48.4 Å². The van der Waals surface area contributed by atoms with Crippen molar-refractivity contribution in [3.8, 4) is 5.75 Å². The second-order valence-electron chi connectivity index (χ2n) is 7.15. The fourth-order valence-corrected chi connectivity index (χ4v) is 3.86. The first-order valence-electron chi connectivity index (χ1n) is 9.22. The minimum absolute atomic E-state index is 0.191. The Bertz CT molecular complexity index is 814. The predicted molar refractivity (Wildman–Crippen MR) is 101 cm³/mol. The lowest BCUT2D eigenvalue weighted by molar-refractivity contribution is 0.362. The molecule has 0 amide bonds. The molecule has 5 nitrogen and oxygen atoms in total. The summed E-state index contributed by atoms with van der Waals surface area (Å²) in [4.78, 5) is 8.13. The van der Waals surface area contributed by atoms with Gasteiger partial charge in [-0.2, -0.15) is 0 Å². The summed E-state index contributed by atoms with van der Waals surface area (Å²) in [5.74, 6) is 1.18. The molecule has 2 heterocycles. The van der Waals surface area contributed by atoms with Crippen molar-refractivity contribution in [2.75, 3.05) is 13.1 Å². The summed E-state index contributed by atoms with van der Waals surface area (Å²) < 4.78 is 0. The van der Waals surface area contributed by atoms with E-state index in [-0.39, 0.29) is 11.8 Å². The van der Waals surface area contributed by atoms with Crippen LogP contribution in [0.4, 0.5) is 0 Å². The van der Waals surface area contributed by atoms with Crippen LogP contribution in [0.1, 0.15) is 43.6 Å². The Labute approximate surface area is 148 Å². The summed E-state index contributed by atoms with van der Waals surface area (Å²) in [7, 11) is 0. The zero-order chi connectivity index (χ0) is 17.2. The molecule has 1 aromatic carbocycles. The Kier molecular flexibility index (Phi) is 4.59. The van der Waals surface area contributed by atoms with Gasteiger partial charge in [0.15, 0.2) is 0 Å². The molecule has 5 heteroatoms. The number of H-pyrrole nitrogens is 1. The molecule has 25 heavy (non-hydrogen) atoms. The van der Waals surface area contributed by atoms with Crippen molar-refractivity contribution in [1.29, 1.82) is 0 Å². The van der Waals surface area contributed by atoms with Gasteiger partial charge in [-0.15, -0.1) is 0 Å². The number of hydrogen-bond acceptors (Lipinski definition) is 4. The van der Waals surface area contributed by atoms with E-state index in [0.29, 0.717) is 6.04 Å². The zero-order valence-corrected chi connectivity index (χ0v) is 14.7. The molecule has 1 aliphatic heterocycles. The highest BCUT2D eigenvalue weighted by Gasteiger charge is 2.20. The Morgan fingerprint density at radius 3 is 3.08 bits per heavy atom. The summed E-state index contributed by atoms with van der Waals surface area (Å²) in [6.07, 6.45) is 10.6. The number of nitrogens with zero attached hydrogens (tertiary/aromatic N) is 1. The third-order valence-corrected chi connectivity index (χ3v) is 5.19. The number of piperidine rings is 1. The lowest BCUT2D eigenvalue weighted by atomic mass is 10.0. The summed E-state index contributed by atoms with van der Waals surface area (Å²) >= 11 is 0. The lowest BCUT2D eigenvalue weighted by Gasteiger charge is -2.27. The summed E-state index contributed by atoms with van der Waals surface area (Å²) in [5.41, 5.74) is 4.11. The number of aromatic nitrogens is 2. The smallest absolute Gasteiger partial charge is 0.141 e. The van der Waals surface area contributed by atoms with Crippen LogP contribution in [-0.2, 0) is 6.42 Å². The van der Waals surface area contributed by atoms with Crippen LogP contribution in [0.2, 0.25) is 0 Å². The number of aromatic hydroxyl groups is 1. The van der Waals surface area contributed by atoms with E-state index in [1.165, 1.54) is 18.4 Å². The Morgan fingerprint density at radius 2 is 2.32 bits per heavy atom. The molecule has 0 saturated carbocycles. The lowest BCUT2D eigenvalue weighted by Crippen LogP contribution is -2.43. The number of phenolic OH excluding ortho intramolecular Hbond substituents is 1. The molecular weight excluding hydrogens is 312 g/mol. The van der Waals surface area contributed by atoms with E-state index in [1.54, 1.807) is 6.07 Å². The van der Waals surface area contributed by atoms with Gasteiger partial charge in [0, 0.05) is 25.0 Å². The van der Waals surface area contributed by atoms with Gasteiger partial charge in [-0.3, -0.25) is 0 Å². The van der Waals surface area contributed by atoms with Crippen LogP contribution < -0.4 is 10.6 Å². The maximum Gasteiger partial charge on any atom is 0.141 e. The number of phenols is 1. The topological polar surface area (TPSA) is 73.0 Å². The molecule has 1 aromatic heterocycles. The highest BCUT2D eigenvalue weighted by molar-refractivity contribution is 5.85. The van der Waals surface area contributed by atoms with Crippen molar-refractivity contribution < 1.29 is 5.11 Å². The number of allylic oxidation sites excluding steroid dienone is 4. The fraction of sp³-hybridized carbons (Fsp3) is 0.450. The van der Waals surface area contributed by atoms with Crippen LogP contribution in [0.25, 0.3) is 11.0 Å². The van der Waals surface area contributed by atoms with Crippen molar-refractivity contribution in [2.24, 2.45) is 0 Å². The fourth-order valence-electron chi connectivity index (χ4n) is 3.86. The van der Waals surface area contributed by atoms with E-state index in [2.05, 4.69) is 40.8 Å². The van der Waals surface area contributed by atoms with Crippen LogP contribution in [-0.4, -0.2) is 34.2 Å².